The Hall–Kier alpha value is -2.94. The molecule has 2 heterocycles. The van der Waals surface area contributed by atoms with Crippen LogP contribution in [0.2, 0.25) is 0 Å². The fraction of sp³-hybridized carbons (Fsp3) is 0.381. The van der Waals surface area contributed by atoms with Crippen molar-refractivity contribution in [3.63, 3.8) is 0 Å². The van der Waals surface area contributed by atoms with E-state index in [2.05, 4.69) is 15.2 Å². The summed E-state index contributed by atoms with van der Waals surface area (Å²) < 4.78 is 38.4. The quantitative estimate of drug-likeness (QED) is 0.762. The maximum absolute atomic E-state index is 12.8. The summed E-state index contributed by atoms with van der Waals surface area (Å²) in [5.41, 5.74) is -0.0857. The topological polar surface area (TPSA) is 82.5 Å². The molecule has 2 unspecified atom stereocenters. The predicted octanol–water partition coefficient (Wildman–Crippen LogP) is 4.04. The van der Waals surface area contributed by atoms with Crippen molar-refractivity contribution in [1.29, 1.82) is 0 Å². The van der Waals surface area contributed by atoms with E-state index in [0.29, 0.717) is 31.6 Å². The van der Waals surface area contributed by atoms with Crippen LogP contribution in [0.3, 0.4) is 0 Å². The number of anilines is 1. The molecule has 0 saturated carbocycles. The van der Waals surface area contributed by atoms with Gasteiger partial charge in [-0.15, -0.1) is 0 Å². The lowest BCUT2D eigenvalue weighted by Gasteiger charge is -2.36. The summed E-state index contributed by atoms with van der Waals surface area (Å²) >= 11 is 0. The number of aromatic nitrogens is 1. The standard InChI is InChI=1S/C21H22F3N3O3/c1-13-10-15(20(29)30)8-9-27(13)12-14-4-2-5-16(11-14)25-19(28)17-6-3-7-18(26-17)21(22,23)24/h2-7,11,13,15H,8-10,12H2,1H3,(H,25,28)(H,29,30). The van der Waals surface area contributed by atoms with Crippen LogP contribution in [0.25, 0.3) is 0 Å². The van der Waals surface area contributed by atoms with Crippen LogP contribution in [-0.4, -0.2) is 39.5 Å². The van der Waals surface area contributed by atoms with Gasteiger partial charge in [-0.25, -0.2) is 4.98 Å². The first-order valence-corrected chi connectivity index (χ1v) is 9.55. The molecule has 0 bridgehead atoms. The van der Waals surface area contributed by atoms with Crippen molar-refractivity contribution in [2.45, 2.75) is 38.5 Å². The first-order chi connectivity index (χ1) is 14.1. The SMILES string of the molecule is CC1CC(C(=O)O)CCN1Cc1cccc(NC(=O)c2cccc(C(F)(F)F)n2)c1. The molecule has 30 heavy (non-hydrogen) atoms. The Morgan fingerprint density at radius 3 is 2.63 bits per heavy atom. The molecule has 0 spiro atoms. The molecule has 1 saturated heterocycles. The van der Waals surface area contributed by atoms with Crippen molar-refractivity contribution in [3.05, 3.63) is 59.4 Å². The number of carbonyl (C=O) groups excluding carboxylic acids is 1. The van der Waals surface area contributed by atoms with Crippen molar-refractivity contribution >= 4 is 17.6 Å². The smallest absolute Gasteiger partial charge is 0.433 e. The van der Waals surface area contributed by atoms with Gasteiger partial charge in [-0.05, 0) is 56.1 Å². The Labute approximate surface area is 171 Å². The summed E-state index contributed by atoms with van der Waals surface area (Å²) in [6, 6.07) is 10.3. The van der Waals surface area contributed by atoms with E-state index in [1.807, 2.05) is 13.0 Å². The Morgan fingerprint density at radius 2 is 1.97 bits per heavy atom. The van der Waals surface area contributed by atoms with E-state index >= 15 is 0 Å². The van der Waals surface area contributed by atoms with Gasteiger partial charge in [0.15, 0.2) is 0 Å². The number of halogens is 3. The number of likely N-dealkylation sites (tertiary alicyclic amines) is 1. The summed E-state index contributed by atoms with van der Waals surface area (Å²) in [6.45, 7) is 3.22. The van der Waals surface area contributed by atoms with Gasteiger partial charge >= 0.3 is 12.1 Å². The average molecular weight is 421 g/mol. The number of alkyl halides is 3. The number of nitrogens with one attached hydrogen (secondary N) is 1. The van der Waals surface area contributed by atoms with Crippen LogP contribution in [0.4, 0.5) is 18.9 Å². The molecule has 0 aliphatic carbocycles. The molecule has 160 valence electrons. The third-order valence-electron chi connectivity index (χ3n) is 5.21. The molecule has 2 N–H and O–H groups in total. The third kappa shape index (κ3) is 5.35. The second-order valence-corrected chi connectivity index (χ2v) is 7.44. The van der Waals surface area contributed by atoms with Gasteiger partial charge in [0.25, 0.3) is 5.91 Å². The number of rotatable bonds is 5. The van der Waals surface area contributed by atoms with Crippen molar-refractivity contribution < 1.29 is 27.9 Å². The third-order valence-corrected chi connectivity index (χ3v) is 5.21. The van der Waals surface area contributed by atoms with Gasteiger partial charge < -0.3 is 10.4 Å². The minimum Gasteiger partial charge on any atom is -0.481 e. The lowest BCUT2D eigenvalue weighted by molar-refractivity contribution is -0.144. The first-order valence-electron chi connectivity index (χ1n) is 9.55. The lowest BCUT2D eigenvalue weighted by atomic mass is 9.91. The second kappa shape index (κ2) is 8.83. The highest BCUT2D eigenvalue weighted by atomic mass is 19.4. The van der Waals surface area contributed by atoms with Crippen molar-refractivity contribution in [1.82, 2.24) is 9.88 Å². The maximum atomic E-state index is 12.8. The van der Waals surface area contributed by atoms with Gasteiger partial charge in [-0.1, -0.05) is 18.2 Å². The zero-order chi connectivity index (χ0) is 21.9. The maximum Gasteiger partial charge on any atom is 0.433 e. The molecule has 2 atom stereocenters. The predicted molar refractivity (Wildman–Crippen MR) is 104 cm³/mol. The summed E-state index contributed by atoms with van der Waals surface area (Å²) in [7, 11) is 0. The second-order valence-electron chi connectivity index (χ2n) is 7.44. The normalized spacial score (nSPS) is 20.0. The number of carbonyl (C=O) groups is 2. The Morgan fingerprint density at radius 1 is 1.23 bits per heavy atom. The van der Waals surface area contributed by atoms with Crippen LogP contribution in [-0.2, 0) is 17.5 Å². The highest BCUT2D eigenvalue weighted by Gasteiger charge is 2.33. The molecule has 0 radical (unpaired) electrons. The van der Waals surface area contributed by atoms with Crippen molar-refractivity contribution in [2.24, 2.45) is 5.92 Å². The molecule has 6 nitrogen and oxygen atoms in total. The van der Waals surface area contributed by atoms with Gasteiger partial charge in [0.05, 0.1) is 5.92 Å². The summed E-state index contributed by atoms with van der Waals surface area (Å²) in [4.78, 5) is 29.1. The largest absolute Gasteiger partial charge is 0.481 e. The highest BCUT2D eigenvalue weighted by molar-refractivity contribution is 6.02. The zero-order valence-corrected chi connectivity index (χ0v) is 16.3. The molecular formula is C21H22F3N3O3. The minimum atomic E-state index is -4.62. The van der Waals surface area contributed by atoms with Crippen molar-refractivity contribution in [3.8, 4) is 0 Å². The number of nitrogens with zero attached hydrogens (tertiary/aromatic N) is 2. The first kappa shape index (κ1) is 21.8. The number of benzene rings is 1. The number of carboxylic acids is 1. The fourth-order valence-electron chi connectivity index (χ4n) is 3.58. The molecule has 1 aromatic heterocycles. The van der Waals surface area contributed by atoms with E-state index < -0.39 is 23.7 Å². The number of carboxylic acid groups (broad SMARTS) is 1. The Bertz CT molecular complexity index is 933. The number of hydrogen-bond donors (Lipinski definition) is 2. The van der Waals surface area contributed by atoms with Crippen LogP contribution >= 0.6 is 0 Å². The van der Waals surface area contributed by atoms with Crippen LogP contribution in [0, 0.1) is 5.92 Å². The molecule has 1 fully saturated rings. The summed E-state index contributed by atoms with van der Waals surface area (Å²) in [6.07, 6.45) is -3.47. The number of piperidine rings is 1. The summed E-state index contributed by atoms with van der Waals surface area (Å²) in [5.74, 6) is -1.83. The van der Waals surface area contributed by atoms with Gasteiger partial charge in [0, 0.05) is 18.3 Å². The molecule has 1 aromatic carbocycles. The number of hydrogen-bond acceptors (Lipinski definition) is 4. The van der Waals surface area contributed by atoms with Gasteiger partial charge in [-0.3, -0.25) is 14.5 Å². The van der Waals surface area contributed by atoms with E-state index in [1.54, 1.807) is 18.2 Å². The van der Waals surface area contributed by atoms with E-state index in [1.165, 1.54) is 6.07 Å². The lowest BCUT2D eigenvalue weighted by Crippen LogP contribution is -2.42. The van der Waals surface area contributed by atoms with E-state index in [9.17, 15) is 27.9 Å². The van der Waals surface area contributed by atoms with Crippen LogP contribution in [0.5, 0.6) is 0 Å². The van der Waals surface area contributed by atoms with E-state index in [4.69, 9.17) is 0 Å². The molecule has 1 amide bonds. The van der Waals surface area contributed by atoms with Gasteiger partial charge in [-0.2, -0.15) is 13.2 Å². The molecular weight excluding hydrogens is 399 g/mol. The van der Waals surface area contributed by atoms with E-state index in [-0.39, 0.29) is 17.7 Å². The Balaban J connectivity index is 1.66. The van der Waals surface area contributed by atoms with Crippen LogP contribution < -0.4 is 5.32 Å². The fourth-order valence-corrected chi connectivity index (χ4v) is 3.58. The Kier molecular flexibility index (Phi) is 6.40. The zero-order valence-electron chi connectivity index (χ0n) is 16.3. The molecule has 1 aliphatic rings. The van der Waals surface area contributed by atoms with Crippen molar-refractivity contribution in [2.75, 3.05) is 11.9 Å². The van der Waals surface area contributed by atoms with Gasteiger partial charge in [0.1, 0.15) is 11.4 Å². The molecule has 2 aromatic rings. The van der Waals surface area contributed by atoms with E-state index in [0.717, 1.165) is 17.7 Å². The highest BCUT2D eigenvalue weighted by Crippen LogP contribution is 2.28. The average Bonchev–Trinajstić information content (AvgIpc) is 2.69. The molecule has 3 rings (SSSR count). The van der Waals surface area contributed by atoms with Crippen LogP contribution in [0.1, 0.15) is 41.5 Å². The number of pyridine rings is 1. The molecule has 1 aliphatic heterocycles. The van der Waals surface area contributed by atoms with Gasteiger partial charge in [0.2, 0.25) is 0 Å². The van der Waals surface area contributed by atoms with Crippen LogP contribution in [0.15, 0.2) is 42.5 Å². The minimum absolute atomic E-state index is 0.104. The number of amides is 1. The number of aliphatic carboxylic acids is 1. The summed E-state index contributed by atoms with van der Waals surface area (Å²) in [5, 5.41) is 11.8. The monoisotopic (exact) mass is 421 g/mol. The molecule has 9 heteroatoms.